The molecule has 0 radical (unpaired) electrons. The number of hydrogen-bond acceptors (Lipinski definition) is 5. The number of amides is 1. The van der Waals surface area contributed by atoms with Crippen molar-refractivity contribution in [2.24, 2.45) is 5.92 Å². The van der Waals surface area contributed by atoms with Crippen molar-refractivity contribution >= 4 is 44.4 Å². The zero-order valence-corrected chi connectivity index (χ0v) is 20.0. The second-order valence-corrected chi connectivity index (χ2v) is 11.1. The molecule has 1 amide bonds. The van der Waals surface area contributed by atoms with Crippen LogP contribution in [0.25, 0.3) is 11.0 Å². The van der Waals surface area contributed by atoms with Crippen LogP contribution in [-0.2, 0) is 21.4 Å². The van der Waals surface area contributed by atoms with Gasteiger partial charge in [-0.15, -0.1) is 0 Å². The Bertz CT molecular complexity index is 1200. The molecule has 0 aliphatic carbocycles. The summed E-state index contributed by atoms with van der Waals surface area (Å²) < 4.78 is 28.1. The maximum atomic E-state index is 12.7. The molecule has 9 heteroatoms. The van der Waals surface area contributed by atoms with Gasteiger partial charge in [0.15, 0.2) is 5.16 Å². The zero-order chi connectivity index (χ0) is 22.8. The van der Waals surface area contributed by atoms with Crippen molar-refractivity contribution in [1.29, 1.82) is 0 Å². The van der Waals surface area contributed by atoms with Crippen molar-refractivity contribution in [3.05, 3.63) is 48.0 Å². The van der Waals surface area contributed by atoms with Crippen LogP contribution in [0.2, 0.25) is 0 Å². The van der Waals surface area contributed by atoms with Crippen molar-refractivity contribution in [1.82, 2.24) is 13.9 Å². The van der Waals surface area contributed by atoms with E-state index < -0.39 is 10.0 Å². The summed E-state index contributed by atoms with van der Waals surface area (Å²) in [5, 5.41) is 3.64. The number of thioether (sulfide) groups is 1. The Labute approximate surface area is 187 Å². The first-order chi connectivity index (χ1) is 14.6. The molecule has 2 aromatic carbocycles. The first-order valence-electron chi connectivity index (χ1n) is 10.0. The number of aryl methyl sites for hydroxylation is 1. The number of carbonyl (C=O) groups excluding carboxylic acids is 1. The number of nitrogens with one attached hydrogen (secondary N) is 1. The lowest BCUT2D eigenvalue weighted by molar-refractivity contribution is -0.113. The van der Waals surface area contributed by atoms with E-state index >= 15 is 0 Å². The number of para-hydroxylation sites is 2. The Balaban J connectivity index is 1.77. The van der Waals surface area contributed by atoms with Gasteiger partial charge in [-0.05, 0) is 42.7 Å². The highest BCUT2D eigenvalue weighted by atomic mass is 32.2. The number of nitrogens with zero attached hydrogens (tertiary/aromatic N) is 3. The smallest absolute Gasteiger partial charge is 0.242 e. The minimum absolute atomic E-state index is 0.143. The third-order valence-electron chi connectivity index (χ3n) is 4.76. The summed E-state index contributed by atoms with van der Waals surface area (Å²) in [6, 6.07) is 12.7. The Hall–Kier alpha value is -2.36. The summed E-state index contributed by atoms with van der Waals surface area (Å²) >= 11 is 1.38. The number of hydrogen-bond donors (Lipinski definition) is 1. The molecule has 31 heavy (non-hydrogen) atoms. The third kappa shape index (κ3) is 5.28. The van der Waals surface area contributed by atoms with Gasteiger partial charge in [-0.1, -0.05) is 43.8 Å². The number of imidazole rings is 1. The zero-order valence-electron chi connectivity index (χ0n) is 18.4. The second kappa shape index (κ2) is 9.42. The molecule has 0 aliphatic rings. The van der Waals surface area contributed by atoms with Crippen LogP contribution in [0.1, 0.15) is 19.4 Å². The van der Waals surface area contributed by atoms with Crippen LogP contribution in [0, 0.1) is 12.8 Å². The van der Waals surface area contributed by atoms with E-state index in [1.54, 1.807) is 12.1 Å². The molecule has 3 rings (SSSR count). The fraction of sp³-hybridized carbons (Fsp3) is 0.364. The fourth-order valence-corrected chi connectivity index (χ4v) is 4.88. The molecule has 1 aromatic heterocycles. The number of benzene rings is 2. The van der Waals surface area contributed by atoms with Crippen molar-refractivity contribution in [3.8, 4) is 0 Å². The molecule has 0 bridgehead atoms. The molecule has 0 saturated heterocycles. The maximum Gasteiger partial charge on any atom is 0.242 e. The largest absolute Gasteiger partial charge is 0.325 e. The van der Waals surface area contributed by atoms with E-state index in [9.17, 15) is 13.2 Å². The molecular weight excluding hydrogens is 432 g/mol. The molecule has 0 unspecified atom stereocenters. The van der Waals surface area contributed by atoms with Crippen molar-refractivity contribution in [2.75, 3.05) is 25.2 Å². The lowest BCUT2D eigenvalue weighted by atomic mass is 10.2. The van der Waals surface area contributed by atoms with Gasteiger partial charge in [0.05, 0.1) is 21.7 Å². The van der Waals surface area contributed by atoms with Crippen LogP contribution in [0.5, 0.6) is 0 Å². The quantitative estimate of drug-likeness (QED) is 0.514. The number of aromatic nitrogens is 2. The SMILES string of the molecule is Cc1ccc(S(=O)(=O)N(C)C)cc1NC(=O)CSc1nc2ccccc2n1CC(C)C. The predicted molar refractivity (Wildman–Crippen MR) is 126 cm³/mol. The van der Waals surface area contributed by atoms with E-state index in [-0.39, 0.29) is 16.6 Å². The van der Waals surface area contributed by atoms with E-state index in [0.29, 0.717) is 11.6 Å². The molecule has 0 spiro atoms. The number of sulfonamides is 1. The summed E-state index contributed by atoms with van der Waals surface area (Å²) in [7, 11) is -0.617. The van der Waals surface area contributed by atoms with Gasteiger partial charge >= 0.3 is 0 Å². The van der Waals surface area contributed by atoms with E-state index in [0.717, 1.165) is 32.6 Å². The van der Waals surface area contributed by atoms with Gasteiger partial charge in [0, 0.05) is 26.3 Å². The third-order valence-corrected chi connectivity index (χ3v) is 7.55. The van der Waals surface area contributed by atoms with E-state index in [1.807, 2.05) is 31.2 Å². The van der Waals surface area contributed by atoms with E-state index in [2.05, 4.69) is 28.7 Å². The first kappa shape index (κ1) is 23.3. The van der Waals surface area contributed by atoms with Crippen molar-refractivity contribution in [2.45, 2.75) is 37.4 Å². The Morgan fingerprint density at radius 3 is 2.58 bits per heavy atom. The molecule has 3 aromatic rings. The number of fused-ring (bicyclic) bond motifs is 1. The molecule has 1 N–H and O–H groups in total. The molecule has 166 valence electrons. The Kier molecular flexibility index (Phi) is 7.08. The number of rotatable bonds is 8. The number of carbonyl (C=O) groups is 1. The van der Waals surface area contributed by atoms with E-state index in [1.165, 1.54) is 31.9 Å². The van der Waals surface area contributed by atoms with Crippen LogP contribution in [0.4, 0.5) is 5.69 Å². The van der Waals surface area contributed by atoms with Crippen molar-refractivity contribution < 1.29 is 13.2 Å². The Morgan fingerprint density at radius 1 is 1.19 bits per heavy atom. The van der Waals surface area contributed by atoms with Crippen molar-refractivity contribution in [3.63, 3.8) is 0 Å². The molecule has 1 heterocycles. The monoisotopic (exact) mass is 460 g/mol. The fourth-order valence-electron chi connectivity index (χ4n) is 3.13. The predicted octanol–water partition coefficient (Wildman–Crippen LogP) is 3.98. The van der Waals surface area contributed by atoms with Gasteiger partial charge in [-0.25, -0.2) is 17.7 Å². The highest BCUT2D eigenvalue weighted by Gasteiger charge is 2.19. The lowest BCUT2D eigenvalue weighted by Gasteiger charge is -2.14. The molecule has 0 aliphatic heterocycles. The maximum absolute atomic E-state index is 12.7. The average Bonchev–Trinajstić information content (AvgIpc) is 3.05. The van der Waals surface area contributed by atoms with Gasteiger partial charge in [-0.3, -0.25) is 4.79 Å². The first-order valence-corrected chi connectivity index (χ1v) is 12.4. The van der Waals surface area contributed by atoms with Crippen LogP contribution < -0.4 is 5.32 Å². The average molecular weight is 461 g/mol. The summed E-state index contributed by atoms with van der Waals surface area (Å²) in [4.78, 5) is 17.5. The minimum Gasteiger partial charge on any atom is -0.325 e. The van der Waals surface area contributed by atoms with Gasteiger partial charge in [0.1, 0.15) is 0 Å². The highest BCUT2D eigenvalue weighted by molar-refractivity contribution is 7.99. The molecular formula is C22H28N4O3S2. The number of anilines is 1. The topological polar surface area (TPSA) is 84.3 Å². The van der Waals surface area contributed by atoms with Gasteiger partial charge < -0.3 is 9.88 Å². The molecule has 0 atom stereocenters. The van der Waals surface area contributed by atoms with Crippen LogP contribution in [0.3, 0.4) is 0 Å². The second-order valence-electron chi connectivity index (χ2n) is 7.99. The van der Waals surface area contributed by atoms with Gasteiger partial charge in [-0.2, -0.15) is 0 Å². The standard InChI is InChI=1S/C22H28N4O3S2/c1-15(2)13-26-20-9-7-6-8-18(20)24-22(26)30-14-21(27)23-19-12-17(11-10-16(19)3)31(28,29)25(4)5/h6-12,15H,13-14H2,1-5H3,(H,23,27). The minimum atomic E-state index is -3.58. The van der Waals surface area contributed by atoms with E-state index in [4.69, 9.17) is 0 Å². The summed E-state index contributed by atoms with van der Waals surface area (Å²) in [6.07, 6.45) is 0. The van der Waals surface area contributed by atoms with Gasteiger partial charge in [0.25, 0.3) is 0 Å². The van der Waals surface area contributed by atoms with Gasteiger partial charge in [0.2, 0.25) is 15.9 Å². The molecule has 0 saturated carbocycles. The lowest BCUT2D eigenvalue weighted by Crippen LogP contribution is -2.22. The Morgan fingerprint density at radius 2 is 1.90 bits per heavy atom. The normalized spacial score (nSPS) is 12.1. The molecule has 0 fully saturated rings. The van der Waals surface area contributed by atoms with Crippen LogP contribution >= 0.6 is 11.8 Å². The van der Waals surface area contributed by atoms with Crippen LogP contribution in [0.15, 0.2) is 52.5 Å². The summed E-state index contributed by atoms with van der Waals surface area (Å²) in [5.41, 5.74) is 3.24. The summed E-state index contributed by atoms with van der Waals surface area (Å²) in [5.74, 6) is 0.399. The summed E-state index contributed by atoms with van der Waals surface area (Å²) in [6.45, 7) is 6.94. The molecule has 7 nitrogen and oxygen atoms in total. The highest BCUT2D eigenvalue weighted by Crippen LogP contribution is 2.26. The van der Waals surface area contributed by atoms with Crippen LogP contribution in [-0.4, -0.2) is 48.0 Å².